The van der Waals surface area contributed by atoms with Crippen LogP contribution in [-0.2, 0) is 9.53 Å². The van der Waals surface area contributed by atoms with E-state index in [1.807, 2.05) is 19.1 Å². The molecule has 2 rings (SSSR count). The number of carbonyl (C=O) groups is 1. The zero-order chi connectivity index (χ0) is 14.0. The highest BCUT2D eigenvalue weighted by molar-refractivity contribution is 5.78. The summed E-state index contributed by atoms with van der Waals surface area (Å²) < 4.78 is 5.71. The molecule has 1 N–H and O–H groups in total. The van der Waals surface area contributed by atoms with Gasteiger partial charge in [0.2, 0.25) is 0 Å². The SMILES string of the molecule is C=Cc1cc(C2=C(C)OC(CC(C)=O)C2)ccc1O. The summed E-state index contributed by atoms with van der Waals surface area (Å²) in [6.45, 7) is 7.17. The summed E-state index contributed by atoms with van der Waals surface area (Å²) in [5.74, 6) is 1.21. The lowest BCUT2D eigenvalue weighted by Crippen LogP contribution is -2.10. The molecule has 1 unspecified atom stereocenters. The third-order valence-electron chi connectivity index (χ3n) is 3.31. The zero-order valence-corrected chi connectivity index (χ0v) is 11.3. The minimum Gasteiger partial charge on any atom is -0.507 e. The third-order valence-corrected chi connectivity index (χ3v) is 3.31. The van der Waals surface area contributed by atoms with Gasteiger partial charge in [-0.1, -0.05) is 18.7 Å². The van der Waals surface area contributed by atoms with E-state index in [2.05, 4.69) is 6.58 Å². The number of Topliss-reactive ketones (excluding diaryl/α,β-unsaturated/α-hetero) is 1. The van der Waals surface area contributed by atoms with E-state index in [1.54, 1.807) is 19.1 Å². The fourth-order valence-electron chi connectivity index (χ4n) is 2.40. The molecule has 1 atom stereocenters. The van der Waals surface area contributed by atoms with Crippen LogP contribution in [0.1, 0.15) is 37.8 Å². The summed E-state index contributed by atoms with van der Waals surface area (Å²) in [6.07, 6.45) is 2.73. The predicted molar refractivity (Wildman–Crippen MR) is 75.6 cm³/mol. The second kappa shape index (κ2) is 5.31. The van der Waals surface area contributed by atoms with Crippen molar-refractivity contribution >= 4 is 17.4 Å². The van der Waals surface area contributed by atoms with Crippen molar-refractivity contribution in [1.29, 1.82) is 0 Å². The van der Waals surface area contributed by atoms with Crippen molar-refractivity contribution in [2.75, 3.05) is 0 Å². The van der Waals surface area contributed by atoms with E-state index in [-0.39, 0.29) is 17.6 Å². The Morgan fingerprint density at radius 3 is 2.95 bits per heavy atom. The van der Waals surface area contributed by atoms with E-state index >= 15 is 0 Å². The smallest absolute Gasteiger partial charge is 0.133 e. The molecule has 1 aliphatic rings. The number of ketones is 1. The fraction of sp³-hybridized carbons (Fsp3) is 0.312. The molecular weight excluding hydrogens is 240 g/mol. The molecule has 0 amide bonds. The van der Waals surface area contributed by atoms with Gasteiger partial charge in [0.05, 0.1) is 5.76 Å². The molecule has 19 heavy (non-hydrogen) atoms. The summed E-state index contributed by atoms with van der Waals surface area (Å²) in [4.78, 5) is 11.1. The second-order valence-corrected chi connectivity index (χ2v) is 4.86. The Balaban J connectivity index is 2.25. The first kappa shape index (κ1) is 13.4. The van der Waals surface area contributed by atoms with Crippen LogP contribution in [0.4, 0.5) is 0 Å². The Bertz CT molecular complexity index is 555. The number of phenolic OH excluding ortho intramolecular Hbond substituents is 1. The summed E-state index contributed by atoms with van der Waals surface area (Å²) in [7, 11) is 0. The van der Waals surface area contributed by atoms with Gasteiger partial charge in [0.1, 0.15) is 17.6 Å². The molecule has 1 heterocycles. The van der Waals surface area contributed by atoms with Gasteiger partial charge >= 0.3 is 0 Å². The van der Waals surface area contributed by atoms with Crippen LogP contribution < -0.4 is 0 Å². The molecule has 0 aliphatic carbocycles. The lowest BCUT2D eigenvalue weighted by molar-refractivity contribution is -0.118. The molecule has 0 spiro atoms. The van der Waals surface area contributed by atoms with Gasteiger partial charge in [-0.3, -0.25) is 4.79 Å². The number of phenols is 1. The van der Waals surface area contributed by atoms with E-state index in [0.29, 0.717) is 12.0 Å². The minimum atomic E-state index is -0.0616. The largest absolute Gasteiger partial charge is 0.507 e. The summed E-state index contributed by atoms with van der Waals surface area (Å²) in [6, 6.07) is 5.41. The van der Waals surface area contributed by atoms with Crippen LogP contribution in [0.5, 0.6) is 5.75 Å². The molecular formula is C16H18O3. The predicted octanol–water partition coefficient (Wildman–Crippen LogP) is 3.53. The van der Waals surface area contributed by atoms with Crippen molar-refractivity contribution in [3.63, 3.8) is 0 Å². The molecule has 1 aromatic carbocycles. The number of hydrogen-bond donors (Lipinski definition) is 1. The average molecular weight is 258 g/mol. The molecule has 3 heteroatoms. The van der Waals surface area contributed by atoms with Crippen molar-refractivity contribution in [3.8, 4) is 5.75 Å². The molecule has 0 saturated heterocycles. The van der Waals surface area contributed by atoms with Crippen molar-refractivity contribution in [3.05, 3.63) is 41.7 Å². The minimum absolute atomic E-state index is 0.0616. The number of rotatable bonds is 4. The van der Waals surface area contributed by atoms with Crippen LogP contribution in [0, 0.1) is 0 Å². The first-order chi connectivity index (χ1) is 9.01. The van der Waals surface area contributed by atoms with Gasteiger partial charge in [-0.15, -0.1) is 0 Å². The van der Waals surface area contributed by atoms with Crippen LogP contribution in [0.2, 0.25) is 0 Å². The highest BCUT2D eigenvalue weighted by Gasteiger charge is 2.25. The normalized spacial score (nSPS) is 18.3. The summed E-state index contributed by atoms with van der Waals surface area (Å²) in [5, 5.41) is 9.65. The van der Waals surface area contributed by atoms with Crippen LogP contribution in [0.15, 0.2) is 30.5 Å². The number of carbonyl (C=O) groups excluding carboxylic acids is 1. The Morgan fingerprint density at radius 1 is 1.58 bits per heavy atom. The lowest BCUT2D eigenvalue weighted by Gasteiger charge is -2.08. The Kier molecular flexibility index (Phi) is 3.74. The highest BCUT2D eigenvalue weighted by Crippen LogP contribution is 2.35. The maximum absolute atomic E-state index is 11.1. The molecule has 0 aromatic heterocycles. The number of benzene rings is 1. The van der Waals surface area contributed by atoms with E-state index in [9.17, 15) is 9.90 Å². The van der Waals surface area contributed by atoms with Crippen molar-refractivity contribution in [1.82, 2.24) is 0 Å². The molecule has 0 bridgehead atoms. The van der Waals surface area contributed by atoms with Gasteiger partial charge in [-0.2, -0.15) is 0 Å². The van der Waals surface area contributed by atoms with Gasteiger partial charge < -0.3 is 9.84 Å². The first-order valence-electron chi connectivity index (χ1n) is 6.33. The van der Waals surface area contributed by atoms with Gasteiger partial charge in [0.15, 0.2) is 0 Å². The number of allylic oxidation sites excluding steroid dienone is 1. The Labute approximate surface area is 113 Å². The monoisotopic (exact) mass is 258 g/mol. The third kappa shape index (κ3) is 2.87. The standard InChI is InChI=1S/C16H18O3/c1-4-12-8-13(5-6-16(12)18)15-9-14(7-10(2)17)19-11(15)3/h4-6,8,14,18H,1,7,9H2,2-3H3. The molecule has 1 aromatic rings. The number of hydrogen-bond acceptors (Lipinski definition) is 3. The van der Waals surface area contributed by atoms with Crippen molar-refractivity contribution in [2.45, 2.75) is 32.8 Å². The molecule has 0 fully saturated rings. The zero-order valence-electron chi connectivity index (χ0n) is 11.3. The van der Waals surface area contributed by atoms with Crippen molar-refractivity contribution in [2.24, 2.45) is 0 Å². The quantitative estimate of drug-likeness (QED) is 0.898. The Morgan fingerprint density at radius 2 is 2.32 bits per heavy atom. The van der Waals surface area contributed by atoms with E-state index < -0.39 is 0 Å². The van der Waals surface area contributed by atoms with Crippen LogP contribution in [0.25, 0.3) is 11.6 Å². The number of aromatic hydroxyl groups is 1. The maximum atomic E-state index is 11.1. The van der Waals surface area contributed by atoms with E-state index in [1.165, 1.54) is 0 Å². The van der Waals surface area contributed by atoms with Crippen LogP contribution >= 0.6 is 0 Å². The van der Waals surface area contributed by atoms with Crippen LogP contribution in [0.3, 0.4) is 0 Å². The van der Waals surface area contributed by atoms with E-state index in [4.69, 9.17) is 4.74 Å². The topological polar surface area (TPSA) is 46.5 Å². The van der Waals surface area contributed by atoms with Crippen LogP contribution in [-0.4, -0.2) is 17.0 Å². The van der Waals surface area contributed by atoms with E-state index in [0.717, 1.165) is 23.3 Å². The maximum Gasteiger partial charge on any atom is 0.133 e. The van der Waals surface area contributed by atoms with Gasteiger partial charge in [0, 0.05) is 24.0 Å². The molecule has 3 nitrogen and oxygen atoms in total. The highest BCUT2D eigenvalue weighted by atomic mass is 16.5. The average Bonchev–Trinajstić information content (AvgIpc) is 2.70. The number of ether oxygens (including phenoxy) is 1. The molecule has 0 radical (unpaired) electrons. The van der Waals surface area contributed by atoms with Gasteiger partial charge in [0.25, 0.3) is 0 Å². The first-order valence-corrected chi connectivity index (χ1v) is 6.33. The van der Waals surface area contributed by atoms with Gasteiger partial charge in [-0.25, -0.2) is 0 Å². The molecule has 1 aliphatic heterocycles. The fourth-order valence-corrected chi connectivity index (χ4v) is 2.40. The molecule has 100 valence electrons. The lowest BCUT2D eigenvalue weighted by atomic mass is 9.97. The summed E-state index contributed by atoms with van der Waals surface area (Å²) >= 11 is 0. The molecule has 0 saturated carbocycles. The van der Waals surface area contributed by atoms with Gasteiger partial charge in [-0.05, 0) is 31.5 Å². The Hall–Kier alpha value is -2.03. The second-order valence-electron chi connectivity index (χ2n) is 4.86. The summed E-state index contributed by atoms with van der Waals surface area (Å²) in [5.41, 5.74) is 2.80. The van der Waals surface area contributed by atoms with Crippen molar-refractivity contribution < 1.29 is 14.6 Å².